The van der Waals surface area contributed by atoms with Gasteiger partial charge in [0.05, 0.1) is 6.10 Å². The number of nitrogens with one attached hydrogen (secondary N) is 1. The summed E-state index contributed by atoms with van der Waals surface area (Å²) in [4.78, 5) is 40.7. The van der Waals surface area contributed by atoms with E-state index in [0.29, 0.717) is 13.0 Å². The number of nitrogens with zero attached hydrogens (tertiary/aromatic N) is 1. The minimum atomic E-state index is -1.02. The fraction of sp³-hybridized carbons (Fsp3) is 0.640. The number of carbonyl (C=O) groups is 3. The molecular weight excluding hydrogens is 456 g/mol. The summed E-state index contributed by atoms with van der Waals surface area (Å²) in [6.07, 6.45) is -0.596. The van der Waals surface area contributed by atoms with Crippen LogP contribution < -0.4 is 10.1 Å². The first-order valence-electron chi connectivity index (χ1n) is 11.7. The van der Waals surface area contributed by atoms with Gasteiger partial charge in [0.2, 0.25) is 5.91 Å². The van der Waals surface area contributed by atoms with Crippen molar-refractivity contribution in [3.8, 4) is 11.5 Å². The lowest BCUT2D eigenvalue weighted by molar-refractivity contribution is -0.164. The zero-order valence-corrected chi connectivity index (χ0v) is 21.4. The first-order chi connectivity index (χ1) is 16.2. The summed E-state index contributed by atoms with van der Waals surface area (Å²) in [5.41, 5.74) is -1.46. The number of rotatable bonds is 8. The number of hydrogen-bond acceptors (Lipinski definition) is 8. The Kier molecular flexibility index (Phi) is 9.51. The highest BCUT2D eigenvalue weighted by molar-refractivity contribution is 5.91. The third-order valence-electron chi connectivity index (χ3n) is 5.28. The first-order valence-corrected chi connectivity index (χ1v) is 11.7. The van der Waals surface area contributed by atoms with Crippen LogP contribution in [0.1, 0.15) is 54.4 Å². The highest BCUT2D eigenvalue weighted by Crippen LogP contribution is 2.29. The fourth-order valence-corrected chi connectivity index (χ4v) is 3.69. The van der Waals surface area contributed by atoms with Gasteiger partial charge in [-0.3, -0.25) is 4.79 Å². The Hall–Kier alpha value is -2.85. The Morgan fingerprint density at radius 1 is 1.17 bits per heavy atom. The molecule has 0 spiro atoms. The molecule has 1 aliphatic heterocycles. The number of aliphatic hydroxyl groups is 1. The Bertz CT molecular complexity index is 890. The van der Waals surface area contributed by atoms with E-state index in [1.54, 1.807) is 41.5 Å². The molecular formula is C25H38N2O8. The molecule has 0 bridgehead atoms. The Balaban J connectivity index is 2.23. The van der Waals surface area contributed by atoms with Crippen LogP contribution in [0, 0.1) is 5.41 Å². The van der Waals surface area contributed by atoms with Crippen LogP contribution >= 0.6 is 0 Å². The quantitative estimate of drug-likeness (QED) is 0.371. The maximum Gasteiger partial charge on any atom is 0.413 e. The summed E-state index contributed by atoms with van der Waals surface area (Å²) in [5.74, 6) is -0.959. The van der Waals surface area contributed by atoms with E-state index in [2.05, 4.69) is 5.32 Å². The van der Waals surface area contributed by atoms with Gasteiger partial charge >= 0.3 is 12.1 Å². The van der Waals surface area contributed by atoms with Crippen molar-refractivity contribution in [2.24, 2.45) is 5.41 Å². The van der Waals surface area contributed by atoms with Crippen LogP contribution in [0.15, 0.2) is 24.3 Å². The number of phenols is 1. The maximum absolute atomic E-state index is 13.7. The number of esters is 1. The molecule has 0 unspecified atom stereocenters. The highest BCUT2D eigenvalue weighted by atomic mass is 16.6. The van der Waals surface area contributed by atoms with Crippen molar-refractivity contribution >= 4 is 18.0 Å². The van der Waals surface area contributed by atoms with Gasteiger partial charge in [-0.25, -0.2) is 9.59 Å². The minimum absolute atomic E-state index is 0.0256. The number of likely N-dealkylation sites (tertiary alicyclic amines) is 1. The summed E-state index contributed by atoms with van der Waals surface area (Å²) >= 11 is 0. The summed E-state index contributed by atoms with van der Waals surface area (Å²) in [5, 5.41) is 21.2. The number of ether oxygens (including phenoxy) is 3. The van der Waals surface area contributed by atoms with Crippen LogP contribution in [0.4, 0.5) is 4.79 Å². The topological polar surface area (TPSA) is 135 Å². The Morgan fingerprint density at radius 2 is 1.86 bits per heavy atom. The predicted molar refractivity (Wildman–Crippen MR) is 128 cm³/mol. The lowest BCUT2D eigenvalue weighted by Gasteiger charge is -2.35. The number of benzene rings is 1. The minimum Gasteiger partial charge on any atom is -0.508 e. The van der Waals surface area contributed by atoms with Gasteiger partial charge in [-0.2, -0.15) is 0 Å². The van der Waals surface area contributed by atoms with Crippen molar-refractivity contribution in [3.05, 3.63) is 24.3 Å². The van der Waals surface area contributed by atoms with Crippen molar-refractivity contribution in [3.63, 3.8) is 0 Å². The second kappa shape index (κ2) is 11.7. The zero-order valence-electron chi connectivity index (χ0n) is 21.4. The van der Waals surface area contributed by atoms with E-state index in [-0.39, 0.29) is 31.1 Å². The SMILES string of the molecule is CC(C)(C)OC(=O)[C@@H]1C[C@@H](OCCCO)CN1C(=O)[C@@H](NC(=O)Oc1cccc(O)c1)C(C)(C)C. The third kappa shape index (κ3) is 8.70. The van der Waals surface area contributed by atoms with Crippen LogP contribution in [0.25, 0.3) is 0 Å². The lowest BCUT2D eigenvalue weighted by Crippen LogP contribution is -2.57. The molecule has 1 saturated heterocycles. The van der Waals surface area contributed by atoms with Gasteiger partial charge in [0.25, 0.3) is 0 Å². The normalized spacial score (nSPS) is 19.2. The van der Waals surface area contributed by atoms with Gasteiger partial charge in [-0.1, -0.05) is 26.8 Å². The summed E-state index contributed by atoms with van der Waals surface area (Å²) in [6, 6.07) is 3.84. The van der Waals surface area contributed by atoms with E-state index in [1.807, 2.05) is 0 Å². The molecule has 10 nitrogen and oxygen atoms in total. The third-order valence-corrected chi connectivity index (χ3v) is 5.28. The van der Waals surface area contributed by atoms with E-state index in [4.69, 9.17) is 19.3 Å². The standard InChI is InChI=1S/C25H38N2O8/c1-24(2,3)20(26-23(32)34-17-10-7-9-16(29)13-17)21(30)27-15-18(33-12-8-11-28)14-19(27)22(31)35-25(4,5)6/h7,9-10,13,18-20,28-29H,8,11-12,14-15H2,1-6H3,(H,26,32)/t18-,19+,20-/m1/s1. The molecule has 0 aliphatic carbocycles. The Labute approximate surface area is 206 Å². The van der Waals surface area contributed by atoms with Crippen molar-refractivity contribution in [2.75, 3.05) is 19.8 Å². The average molecular weight is 495 g/mol. The van der Waals surface area contributed by atoms with E-state index >= 15 is 0 Å². The van der Waals surface area contributed by atoms with Crippen molar-refractivity contribution in [1.29, 1.82) is 0 Å². The van der Waals surface area contributed by atoms with Crippen LogP contribution in [0.5, 0.6) is 11.5 Å². The molecule has 1 aromatic carbocycles. The van der Waals surface area contributed by atoms with E-state index in [1.165, 1.54) is 29.2 Å². The second-order valence-corrected chi connectivity index (χ2v) is 10.7. The number of aromatic hydroxyl groups is 1. The number of phenolic OH excluding ortho intramolecular Hbond substituents is 1. The summed E-state index contributed by atoms with van der Waals surface area (Å²) < 4.78 is 16.6. The molecule has 10 heteroatoms. The lowest BCUT2D eigenvalue weighted by atomic mass is 9.85. The molecule has 1 aliphatic rings. The van der Waals surface area contributed by atoms with Gasteiger partial charge in [0.15, 0.2) is 0 Å². The van der Waals surface area contributed by atoms with E-state index in [9.17, 15) is 19.5 Å². The van der Waals surface area contributed by atoms with Crippen molar-refractivity contribution in [1.82, 2.24) is 10.2 Å². The smallest absolute Gasteiger partial charge is 0.413 e. The van der Waals surface area contributed by atoms with Gasteiger partial charge < -0.3 is 34.6 Å². The van der Waals surface area contributed by atoms with Gasteiger partial charge in [-0.05, 0) is 44.7 Å². The summed E-state index contributed by atoms with van der Waals surface area (Å²) in [6.45, 7) is 11.0. The molecule has 0 radical (unpaired) electrons. The molecule has 3 atom stereocenters. The molecule has 1 fully saturated rings. The highest BCUT2D eigenvalue weighted by Gasteiger charge is 2.46. The first kappa shape index (κ1) is 28.4. The molecule has 2 rings (SSSR count). The van der Waals surface area contributed by atoms with Crippen LogP contribution in [-0.4, -0.2) is 76.6 Å². The molecule has 1 aromatic rings. The zero-order chi connectivity index (χ0) is 26.4. The van der Waals surface area contributed by atoms with Crippen molar-refractivity contribution < 1.29 is 38.8 Å². The average Bonchev–Trinajstić information content (AvgIpc) is 3.14. The molecule has 3 N–H and O–H groups in total. The summed E-state index contributed by atoms with van der Waals surface area (Å²) in [7, 11) is 0. The van der Waals surface area contributed by atoms with Crippen molar-refractivity contribution in [2.45, 2.75) is 78.2 Å². The molecule has 1 heterocycles. The number of amides is 2. The Morgan fingerprint density at radius 3 is 2.43 bits per heavy atom. The molecule has 0 saturated carbocycles. The van der Waals surface area contributed by atoms with E-state index in [0.717, 1.165) is 0 Å². The largest absolute Gasteiger partial charge is 0.508 e. The van der Waals surface area contributed by atoms with Crippen LogP contribution in [0.2, 0.25) is 0 Å². The number of carbonyl (C=O) groups excluding carboxylic acids is 3. The number of hydrogen-bond donors (Lipinski definition) is 3. The second-order valence-electron chi connectivity index (χ2n) is 10.7. The maximum atomic E-state index is 13.7. The van der Waals surface area contributed by atoms with Gasteiger partial charge in [0, 0.05) is 32.2 Å². The molecule has 35 heavy (non-hydrogen) atoms. The van der Waals surface area contributed by atoms with E-state index < -0.39 is 47.2 Å². The van der Waals surface area contributed by atoms with Gasteiger partial charge in [0.1, 0.15) is 29.2 Å². The molecule has 196 valence electrons. The fourth-order valence-electron chi connectivity index (χ4n) is 3.69. The monoisotopic (exact) mass is 494 g/mol. The van der Waals surface area contributed by atoms with Crippen LogP contribution in [0.3, 0.4) is 0 Å². The molecule has 0 aromatic heterocycles. The van der Waals surface area contributed by atoms with Crippen LogP contribution in [-0.2, 0) is 19.1 Å². The molecule has 2 amide bonds. The number of aliphatic hydroxyl groups excluding tert-OH is 1. The predicted octanol–water partition coefficient (Wildman–Crippen LogP) is 2.61. The van der Waals surface area contributed by atoms with Gasteiger partial charge in [-0.15, -0.1) is 0 Å².